The summed E-state index contributed by atoms with van der Waals surface area (Å²) in [6.45, 7) is 2.50. The quantitative estimate of drug-likeness (QED) is 0.321. The fourth-order valence-electron chi connectivity index (χ4n) is 2.59. The summed E-state index contributed by atoms with van der Waals surface area (Å²) in [5.41, 5.74) is 9.20. The van der Waals surface area contributed by atoms with Crippen molar-refractivity contribution in [3.05, 3.63) is 83.1 Å². The molecule has 0 saturated carbocycles. The van der Waals surface area contributed by atoms with E-state index in [0.717, 1.165) is 16.8 Å². The van der Waals surface area contributed by atoms with E-state index < -0.39 is 0 Å². The number of rotatable bonds is 5. The van der Waals surface area contributed by atoms with Crippen LogP contribution in [-0.2, 0) is 0 Å². The van der Waals surface area contributed by atoms with Gasteiger partial charge in [-0.15, -0.1) is 24.0 Å². The Balaban J connectivity index is 0.00000243. The van der Waals surface area contributed by atoms with Crippen LogP contribution in [0.5, 0.6) is 0 Å². The molecule has 0 aliphatic heterocycles. The highest BCUT2D eigenvalue weighted by Crippen LogP contribution is 2.20. The van der Waals surface area contributed by atoms with Crippen LogP contribution >= 0.6 is 35.6 Å². The molecule has 3 aromatic rings. The van der Waals surface area contributed by atoms with Gasteiger partial charge in [-0.2, -0.15) is 5.10 Å². The van der Waals surface area contributed by atoms with Crippen LogP contribution in [0.2, 0.25) is 5.02 Å². The fourth-order valence-corrected chi connectivity index (χ4v) is 2.71. The van der Waals surface area contributed by atoms with Crippen molar-refractivity contribution in [1.29, 1.82) is 0 Å². The largest absolute Gasteiger partial charge is 0.370 e. The summed E-state index contributed by atoms with van der Waals surface area (Å²) in [4.78, 5) is 4.49. The number of hydrogen-bond donors (Lipinski definition) is 2. The van der Waals surface area contributed by atoms with Crippen LogP contribution in [0.3, 0.4) is 0 Å². The molecule has 1 atom stereocenters. The summed E-state index contributed by atoms with van der Waals surface area (Å²) < 4.78 is 1.87. The maximum absolute atomic E-state index is 6.05. The Morgan fingerprint density at radius 2 is 2.00 bits per heavy atom. The number of nitrogens with zero attached hydrogens (tertiary/aromatic N) is 3. The van der Waals surface area contributed by atoms with Crippen LogP contribution in [0.15, 0.2) is 72.0 Å². The zero-order chi connectivity index (χ0) is 17.6. The first kappa shape index (κ1) is 20.3. The third-order valence-electron chi connectivity index (χ3n) is 3.82. The molecule has 7 heteroatoms. The van der Waals surface area contributed by atoms with Gasteiger partial charge in [0.15, 0.2) is 5.96 Å². The van der Waals surface area contributed by atoms with Crippen LogP contribution in [0.1, 0.15) is 17.2 Å². The minimum absolute atomic E-state index is 0. The van der Waals surface area contributed by atoms with E-state index in [1.165, 1.54) is 0 Å². The third-order valence-corrected chi connectivity index (χ3v) is 4.08. The SMILES string of the molecule is Cc1cccc(NC(N)=NCC(c2ccc(Cl)cc2)n2cccn2)c1.I. The topological polar surface area (TPSA) is 68.2 Å². The van der Waals surface area contributed by atoms with Gasteiger partial charge < -0.3 is 11.1 Å². The van der Waals surface area contributed by atoms with E-state index in [9.17, 15) is 0 Å². The lowest BCUT2D eigenvalue weighted by atomic mass is 10.1. The van der Waals surface area contributed by atoms with E-state index in [0.29, 0.717) is 17.5 Å². The number of nitrogens with one attached hydrogen (secondary N) is 1. The van der Waals surface area contributed by atoms with Gasteiger partial charge in [0.2, 0.25) is 0 Å². The summed E-state index contributed by atoms with van der Waals surface area (Å²) in [5.74, 6) is 0.372. The molecule has 0 aliphatic rings. The molecule has 5 nitrogen and oxygen atoms in total. The summed E-state index contributed by atoms with van der Waals surface area (Å²) in [7, 11) is 0. The molecule has 2 aromatic carbocycles. The summed E-state index contributed by atoms with van der Waals surface area (Å²) in [5, 5.41) is 8.16. The van der Waals surface area contributed by atoms with Crippen molar-refractivity contribution in [3.8, 4) is 0 Å². The first-order valence-corrected chi connectivity index (χ1v) is 8.38. The van der Waals surface area contributed by atoms with Gasteiger partial charge in [-0.25, -0.2) is 0 Å². The predicted octanol–water partition coefficient (Wildman–Crippen LogP) is 4.48. The van der Waals surface area contributed by atoms with Gasteiger partial charge in [0.1, 0.15) is 0 Å². The van der Waals surface area contributed by atoms with Crippen molar-refractivity contribution >= 4 is 47.2 Å². The molecule has 0 amide bonds. The van der Waals surface area contributed by atoms with Crippen LogP contribution in [0, 0.1) is 6.92 Å². The van der Waals surface area contributed by atoms with Gasteiger partial charge in [0, 0.05) is 23.1 Å². The van der Waals surface area contributed by atoms with Crippen molar-refractivity contribution in [2.45, 2.75) is 13.0 Å². The van der Waals surface area contributed by atoms with Crippen molar-refractivity contribution < 1.29 is 0 Å². The van der Waals surface area contributed by atoms with E-state index in [-0.39, 0.29) is 30.0 Å². The first-order chi connectivity index (χ1) is 12.1. The Labute approximate surface area is 175 Å². The monoisotopic (exact) mass is 481 g/mol. The Kier molecular flexibility index (Phi) is 7.47. The Bertz CT molecular complexity index is 847. The Hall–Kier alpha value is -2.06. The lowest BCUT2D eigenvalue weighted by molar-refractivity contribution is 0.533. The maximum atomic E-state index is 6.05. The molecular formula is C19H21ClIN5. The zero-order valence-electron chi connectivity index (χ0n) is 14.3. The number of hydrogen-bond acceptors (Lipinski definition) is 2. The molecule has 0 bridgehead atoms. The van der Waals surface area contributed by atoms with Gasteiger partial charge in [-0.3, -0.25) is 9.67 Å². The number of guanidine groups is 1. The molecule has 0 saturated heterocycles. The molecule has 136 valence electrons. The minimum Gasteiger partial charge on any atom is -0.370 e. The standard InChI is InChI=1S/C19H20ClN5.HI/c1-14-4-2-5-17(12-14)24-19(21)22-13-18(25-11-3-10-23-25)15-6-8-16(20)9-7-15;/h2-12,18H,13H2,1H3,(H3,21,22,24);1H. The van der Waals surface area contributed by atoms with Crippen LogP contribution in [-0.4, -0.2) is 22.3 Å². The minimum atomic E-state index is -0.0508. The van der Waals surface area contributed by atoms with Gasteiger partial charge in [-0.05, 0) is 48.4 Å². The molecule has 3 N–H and O–H groups in total. The molecule has 26 heavy (non-hydrogen) atoms. The maximum Gasteiger partial charge on any atom is 0.193 e. The Morgan fingerprint density at radius 3 is 2.65 bits per heavy atom. The summed E-state index contributed by atoms with van der Waals surface area (Å²) in [6.07, 6.45) is 3.67. The van der Waals surface area contributed by atoms with Gasteiger partial charge >= 0.3 is 0 Å². The molecule has 1 aromatic heterocycles. The number of halogens is 2. The van der Waals surface area contributed by atoms with Crippen LogP contribution in [0.4, 0.5) is 5.69 Å². The lowest BCUT2D eigenvalue weighted by Crippen LogP contribution is -2.25. The highest BCUT2D eigenvalue weighted by atomic mass is 127. The van der Waals surface area contributed by atoms with E-state index in [1.54, 1.807) is 6.20 Å². The van der Waals surface area contributed by atoms with E-state index in [2.05, 4.69) is 15.4 Å². The molecule has 1 heterocycles. The second-order valence-corrected chi connectivity index (χ2v) is 6.21. The smallest absolute Gasteiger partial charge is 0.193 e. The van der Waals surface area contributed by atoms with Gasteiger partial charge in [-0.1, -0.05) is 35.9 Å². The molecule has 0 spiro atoms. The molecule has 0 fully saturated rings. The number of aliphatic imine (C=N–C) groups is 1. The number of aryl methyl sites for hydroxylation is 1. The van der Waals surface area contributed by atoms with Crippen molar-refractivity contribution in [2.24, 2.45) is 10.7 Å². The first-order valence-electron chi connectivity index (χ1n) is 8.00. The van der Waals surface area contributed by atoms with Crippen molar-refractivity contribution in [1.82, 2.24) is 9.78 Å². The predicted molar refractivity (Wildman–Crippen MR) is 119 cm³/mol. The number of anilines is 1. The number of nitrogens with two attached hydrogens (primary N) is 1. The van der Waals surface area contributed by atoms with Crippen LogP contribution < -0.4 is 11.1 Å². The normalized spacial score (nSPS) is 12.3. The van der Waals surface area contributed by atoms with E-state index in [4.69, 9.17) is 17.3 Å². The second-order valence-electron chi connectivity index (χ2n) is 5.77. The summed E-state index contributed by atoms with van der Waals surface area (Å²) in [6, 6.07) is 17.5. The highest BCUT2D eigenvalue weighted by Gasteiger charge is 2.14. The van der Waals surface area contributed by atoms with Crippen molar-refractivity contribution in [2.75, 3.05) is 11.9 Å². The average molecular weight is 482 g/mol. The molecule has 3 rings (SSSR count). The van der Waals surface area contributed by atoms with E-state index >= 15 is 0 Å². The Morgan fingerprint density at radius 1 is 1.23 bits per heavy atom. The average Bonchev–Trinajstić information content (AvgIpc) is 3.11. The third kappa shape index (κ3) is 5.47. The number of benzene rings is 2. The van der Waals surface area contributed by atoms with Gasteiger partial charge in [0.05, 0.1) is 12.6 Å². The summed E-state index contributed by atoms with van der Waals surface area (Å²) >= 11 is 5.99. The zero-order valence-corrected chi connectivity index (χ0v) is 17.4. The molecular weight excluding hydrogens is 461 g/mol. The second kappa shape index (κ2) is 9.59. The van der Waals surface area contributed by atoms with Gasteiger partial charge in [0.25, 0.3) is 0 Å². The van der Waals surface area contributed by atoms with Crippen molar-refractivity contribution in [3.63, 3.8) is 0 Å². The fraction of sp³-hybridized carbons (Fsp3) is 0.158. The number of aromatic nitrogens is 2. The molecule has 0 aliphatic carbocycles. The molecule has 1 unspecified atom stereocenters. The van der Waals surface area contributed by atoms with Crippen LogP contribution in [0.25, 0.3) is 0 Å². The molecule has 0 radical (unpaired) electrons. The van der Waals surface area contributed by atoms with E-state index in [1.807, 2.05) is 72.4 Å². The lowest BCUT2D eigenvalue weighted by Gasteiger charge is -2.17. The highest BCUT2D eigenvalue weighted by molar-refractivity contribution is 14.0.